The predicted molar refractivity (Wildman–Crippen MR) is 115 cm³/mol. The molecule has 0 saturated carbocycles. The molecular weight excluding hydrogens is 372 g/mol. The molecule has 0 unspecified atom stereocenters. The molecule has 0 spiro atoms. The highest BCUT2D eigenvalue weighted by Crippen LogP contribution is 2.04. The van der Waals surface area contributed by atoms with Gasteiger partial charge in [-0.05, 0) is 58.2 Å². The highest BCUT2D eigenvalue weighted by molar-refractivity contribution is 5.80. The maximum Gasteiger partial charge on any atom is 0.225 e. The van der Waals surface area contributed by atoms with Crippen LogP contribution in [0.5, 0.6) is 0 Å². The maximum absolute atomic E-state index is 12.5. The zero-order valence-electron chi connectivity index (χ0n) is 17.9. The van der Waals surface area contributed by atoms with Crippen LogP contribution in [0.2, 0.25) is 0 Å². The number of nitrogens with two attached hydrogens (primary N) is 3. The van der Waals surface area contributed by atoms with Crippen LogP contribution in [0.1, 0.15) is 77.0 Å². The van der Waals surface area contributed by atoms with Crippen molar-refractivity contribution in [2.45, 2.75) is 77.0 Å². The molecule has 0 bridgehead atoms. The van der Waals surface area contributed by atoms with Gasteiger partial charge in [-0.25, -0.2) is 0 Å². The van der Waals surface area contributed by atoms with E-state index >= 15 is 0 Å². The zero-order chi connectivity index (χ0) is 21.7. The van der Waals surface area contributed by atoms with E-state index in [9.17, 15) is 14.4 Å². The van der Waals surface area contributed by atoms with E-state index in [1.807, 2.05) is 0 Å². The Morgan fingerprint density at radius 2 is 0.931 bits per heavy atom. The molecule has 0 atom stereocenters. The van der Waals surface area contributed by atoms with E-state index < -0.39 is 0 Å². The van der Waals surface area contributed by atoms with Gasteiger partial charge in [0.25, 0.3) is 0 Å². The van der Waals surface area contributed by atoms with Gasteiger partial charge in [0, 0.05) is 19.3 Å². The molecule has 0 aliphatic rings. The smallest absolute Gasteiger partial charge is 0.225 e. The monoisotopic (exact) mass is 414 g/mol. The van der Waals surface area contributed by atoms with Gasteiger partial charge < -0.3 is 32.7 Å². The third-order valence-corrected chi connectivity index (χ3v) is 4.60. The molecule has 0 aromatic heterocycles. The minimum Gasteiger partial charge on any atom is -0.338 e. The lowest BCUT2D eigenvalue weighted by Crippen LogP contribution is -2.47. The lowest BCUT2D eigenvalue weighted by atomic mass is 10.2. The predicted octanol–water partition coefficient (Wildman–Crippen LogP) is 0.520. The third kappa shape index (κ3) is 16.9. The van der Waals surface area contributed by atoms with Crippen molar-refractivity contribution in [3.63, 3.8) is 0 Å². The standard InChI is InChI=1S/C20H42N6O3/c21-13-7-1-4-10-18(27)24-16-26(20(29)12-6-3-9-15-23)17-25-19(28)11-5-2-8-14-22/h1-17,21-23H2,(H,24,27)(H,25,28). The van der Waals surface area contributed by atoms with Crippen LogP contribution >= 0.6 is 0 Å². The summed E-state index contributed by atoms with van der Waals surface area (Å²) in [5.41, 5.74) is 16.4. The van der Waals surface area contributed by atoms with Crippen LogP contribution < -0.4 is 27.8 Å². The van der Waals surface area contributed by atoms with Gasteiger partial charge in [0.05, 0.1) is 13.3 Å². The summed E-state index contributed by atoms with van der Waals surface area (Å²) in [4.78, 5) is 37.9. The highest BCUT2D eigenvalue weighted by atomic mass is 16.2. The molecule has 0 fully saturated rings. The quantitative estimate of drug-likeness (QED) is 0.153. The highest BCUT2D eigenvalue weighted by Gasteiger charge is 2.15. The molecule has 9 nitrogen and oxygen atoms in total. The number of hydrogen-bond acceptors (Lipinski definition) is 6. The molecule has 8 N–H and O–H groups in total. The Morgan fingerprint density at radius 1 is 0.552 bits per heavy atom. The second-order valence-electron chi connectivity index (χ2n) is 7.25. The fraction of sp³-hybridized carbons (Fsp3) is 0.850. The lowest BCUT2D eigenvalue weighted by molar-refractivity contribution is -0.133. The SMILES string of the molecule is NCCCCCC(=O)NCN(CNC(=O)CCCCCN)C(=O)CCCCCN. The van der Waals surface area contributed by atoms with Gasteiger partial charge in [0.15, 0.2) is 0 Å². The Morgan fingerprint density at radius 3 is 1.31 bits per heavy atom. The Kier molecular flexibility index (Phi) is 18.4. The number of nitrogens with zero attached hydrogens (tertiary/aromatic N) is 1. The van der Waals surface area contributed by atoms with Crippen LogP contribution in [0, 0.1) is 0 Å². The van der Waals surface area contributed by atoms with Gasteiger partial charge in [0.2, 0.25) is 17.7 Å². The fourth-order valence-electron chi connectivity index (χ4n) is 2.75. The van der Waals surface area contributed by atoms with Crippen LogP contribution in [0.3, 0.4) is 0 Å². The van der Waals surface area contributed by atoms with Gasteiger partial charge in [-0.3, -0.25) is 14.4 Å². The fourth-order valence-corrected chi connectivity index (χ4v) is 2.75. The first-order valence-electron chi connectivity index (χ1n) is 11.0. The molecule has 170 valence electrons. The van der Waals surface area contributed by atoms with Crippen LogP contribution in [-0.4, -0.2) is 55.6 Å². The Hall–Kier alpha value is -1.71. The minimum absolute atomic E-state index is 0.0890. The van der Waals surface area contributed by atoms with Crippen LogP contribution in [0.15, 0.2) is 0 Å². The van der Waals surface area contributed by atoms with Gasteiger partial charge in [-0.15, -0.1) is 0 Å². The second kappa shape index (κ2) is 19.6. The molecule has 3 amide bonds. The van der Waals surface area contributed by atoms with E-state index in [4.69, 9.17) is 17.2 Å². The van der Waals surface area contributed by atoms with E-state index in [2.05, 4.69) is 10.6 Å². The molecule has 0 aliphatic heterocycles. The first-order valence-corrected chi connectivity index (χ1v) is 11.0. The first kappa shape index (κ1) is 27.3. The average Bonchev–Trinajstić information content (AvgIpc) is 2.71. The number of rotatable bonds is 19. The van der Waals surface area contributed by atoms with E-state index in [1.165, 1.54) is 4.90 Å². The molecular formula is C20H42N6O3. The van der Waals surface area contributed by atoms with E-state index in [1.54, 1.807) is 0 Å². The topological polar surface area (TPSA) is 157 Å². The van der Waals surface area contributed by atoms with Crippen molar-refractivity contribution < 1.29 is 14.4 Å². The number of nitrogens with one attached hydrogen (secondary N) is 2. The zero-order valence-corrected chi connectivity index (χ0v) is 17.9. The number of carbonyl (C=O) groups excluding carboxylic acids is 3. The molecule has 0 heterocycles. The molecule has 0 saturated heterocycles. The van der Waals surface area contributed by atoms with Gasteiger partial charge in [-0.1, -0.05) is 19.3 Å². The first-order chi connectivity index (χ1) is 14.0. The van der Waals surface area contributed by atoms with Crippen molar-refractivity contribution in [1.82, 2.24) is 15.5 Å². The van der Waals surface area contributed by atoms with Crippen LogP contribution in [0.25, 0.3) is 0 Å². The maximum atomic E-state index is 12.5. The van der Waals surface area contributed by atoms with Crippen molar-refractivity contribution in [3.05, 3.63) is 0 Å². The van der Waals surface area contributed by atoms with Gasteiger partial charge >= 0.3 is 0 Å². The van der Waals surface area contributed by atoms with E-state index in [0.717, 1.165) is 57.8 Å². The molecule has 0 aromatic rings. The largest absolute Gasteiger partial charge is 0.338 e. The number of amides is 3. The van der Waals surface area contributed by atoms with Crippen molar-refractivity contribution in [3.8, 4) is 0 Å². The summed E-state index contributed by atoms with van der Waals surface area (Å²) in [5, 5.41) is 5.55. The molecule has 9 heteroatoms. The summed E-state index contributed by atoms with van der Waals surface area (Å²) in [6.07, 6.45) is 8.87. The number of unbranched alkanes of at least 4 members (excludes halogenated alkanes) is 6. The van der Waals surface area contributed by atoms with Crippen molar-refractivity contribution in [2.24, 2.45) is 17.2 Å². The van der Waals surface area contributed by atoms with E-state index in [-0.39, 0.29) is 31.1 Å². The second-order valence-corrected chi connectivity index (χ2v) is 7.25. The van der Waals surface area contributed by atoms with Crippen molar-refractivity contribution in [1.29, 1.82) is 0 Å². The molecule has 0 radical (unpaired) electrons. The van der Waals surface area contributed by atoms with E-state index in [0.29, 0.717) is 38.9 Å². The summed E-state index contributed by atoms with van der Waals surface area (Å²) in [6.45, 7) is 2.05. The summed E-state index contributed by atoms with van der Waals surface area (Å²) in [6, 6.07) is 0. The number of hydrogen-bond donors (Lipinski definition) is 5. The average molecular weight is 415 g/mol. The molecule has 0 aromatic carbocycles. The van der Waals surface area contributed by atoms with Gasteiger partial charge in [0.1, 0.15) is 0 Å². The van der Waals surface area contributed by atoms with Crippen LogP contribution in [0.4, 0.5) is 0 Å². The third-order valence-electron chi connectivity index (χ3n) is 4.60. The molecule has 0 rings (SSSR count). The Labute approximate surface area is 175 Å². The Balaban J connectivity index is 4.38. The number of carbonyl (C=O) groups is 3. The summed E-state index contributed by atoms with van der Waals surface area (Å²) in [5.74, 6) is -0.291. The summed E-state index contributed by atoms with van der Waals surface area (Å²) in [7, 11) is 0. The minimum atomic E-state index is -0.101. The molecule has 0 aliphatic carbocycles. The van der Waals surface area contributed by atoms with Crippen molar-refractivity contribution in [2.75, 3.05) is 33.0 Å². The van der Waals surface area contributed by atoms with Crippen LogP contribution in [-0.2, 0) is 14.4 Å². The van der Waals surface area contributed by atoms with Gasteiger partial charge in [-0.2, -0.15) is 0 Å². The van der Waals surface area contributed by atoms with Crippen molar-refractivity contribution >= 4 is 17.7 Å². The summed E-state index contributed by atoms with van der Waals surface area (Å²) < 4.78 is 0. The molecule has 29 heavy (non-hydrogen) atoms. The Bertz CT molecular complexity index is 420. The lowest BCUT2D eigenvalue weighted by Gasteiger charge is -2.23. The summed E-state index contributed by atoms with van der Waals surface area (Å²) >= 11 is 0. The normalized spacial score (nSPS) is 10.6.